The zero-order chi connectivity index (χ0) is 19.2. The molecule has 2 aliphatic rings. The topological polar surface area (TPSA) is 72.1 Å². The van der Waals surface area contributed by atoms with Crippen LogP contribution in [-0.2, 0) is 11.2 Å². The van der Waals surface area contributed by atoms with Crippen molar-refractivity contribution in [1.29, 1.82) is 0 Å². The molecule has 148 valence electrons. The summed E-state index contributed by atoms with van der Waals surface area (Å²) in [5, 5.41) is 5.89. The van der Waals surface area contributed by atoms with Crippen molar-refractivity contribution in [2.45, 2.75) is 6.42 Å². The molecule has 2 N–H and O–H groups in total. The van der Waals surface area contributed by atoms with Crippen molar-refractivity contribution in [2.75, 3.05) is 56.3 Å². The third-order valence-corrected chi connectivity index (χ3v) is 4.81. The van der Waals surface area contributed by atoms with Gasteiger partial charge in [-0.15, -0.1) is 0 Å². The molecule has 0 radical (unpaired) electrons. The first kappa shape index (κ1) is 18.4. The van der Waals surface area contributed by atoms with Crippen molar-refractivity contribution in [1.82, 2.24) is 5.32 Å². The van der Waals surface area contributed by atoms with Crippen molar-refractivity contribution in [2.24, 2.45) is 0 Å². The Morgan fingerprint density at radius 2 is 1.75 bits per heavy atom. The standard InChI is InChI=1S/C21H25N3O4/c25-21(22-8-7-16-5-6-19-20(15-16)28-14-13-27-19)23-17-3-1-2-4-18(17)24-9-11-26-12-10-24/h1-6,15H,7-14H2,(H2,22,23,25). The maximum Gasteiger partial charge on any atom is 0.319 e. The molecule has 28 heavy (non-hydrogen) atoms. The molecule has 2 heterocycles. The van der Waals surface area contributed by atoms with Crippen LogP contribution >= 0.6 is 0 Å². The molecule has 2 amide bonds. The van der Waals surface area contributed by atoms with Crippen molar-refractivity contribution in [3.63, 3.8) is 0 Å². The molecule has 0 aromatic heterocycles. The smallest absolute Gasteiger partial charge is 0.319 e. The van der Waals surface area contributed by atoms with Crippen LogP contribution in [0.3, 0.4) is 0 Å². The maximum absolute atomic E-state index is 12.4. The van der Waals surface area contributed by atoms with E-state index in [1.807, 2.05) is 42.5 Å². The number of ether oxygens (including phenoxy) is 3. The van der Waals surface area contributed by atoms with E-state index in [0.29, 0.717) is 33.0 Å². The van der Waals surface area contributed by atoms with E-state index in [1.165, 1.54) is 0 Å². The number of morpholine rings is 1. The Morgan fingerprint density at radius 3 is 2.61 bits per heavy atom. The molecule has 0 aliphatic carbocycles. The van der Waals surface area contributed by atoms with E-state index in [9.17, 15) is 4.79 Å². The average Bonchev–Trinajstić information content (AvgIpc) is 2.75. The number of rotatable bonds is 5. The summed E-state index contributed by atoms with van der Waals surface area (Å²) >= 11 is 0. The fourth-order valence-electron chi connectivity index (χ4n) is 3.39. The number of anilines is 2. The van der Waals surface area contributed by atoms with E-state index >= 15 is 0 Å². The van der Waals surface area contributed by atoms with Crippen LogP contribution in [0, 0.1) is 0 Å². The molecular weight excluding hydrogens is 358 g/mol. The lowest BCUT2D eigenvalue weighted by atomic mass is 10.1. The van der Waals surface area contributed by atoms with Crippen LogP contribution in [0.1, 0.15) is 5.56 Å². The van der Waals surface area contributed by atoms with Crippen LogP contribution < -0.4 is 25.0 Å². The Morgan fingerprint density at radius 1 is 0.964 bits per heavy atom. The normalized spacial score (nSPS) is 15.8. The summed E-state index contributed by atoms with van der Waals surface area (Å²) in [5.41, 5.74) is 2.92. The summed E-state index contributed by atoms with van der Waals surface area (Å²) in [4.78, 5) is 14.6. The first-order valence-corrected chi connectivity index (χ1v) is 9.65. The first-order valence-electron chi connectivity index (χ1n) is 9.65. The molecule has 7 heteroatoms. The SMILES string of the molecule is O=C(NCCc1ccc2c(c1)OCCO2)Nc1ccccc1N1CCOCC1. The average molecular weight is 383 g/mol. The summed E-state index contributed by atoms with van der Waals surface area (Å²) < 4.78 is 16.5. The lowest BCUT2D eigenvalue weighted by Gasteiger charge is -2.30. The Labute approximate surface area is 164 Å². The number of carbonyl (C=O) groups excluding carboxylic acids is 1. The third kappa shape index (κ3) is 4.48. The molecule has 0 atom stereocenters. The Hall–Kier alpha value is -2.93. The molecule has 0 bridgehead atoms. The third-order valence-electron chi connectivity index (χ3n) is 4.81. The van der Waals surface area contributed by atoms with Gasteiger partial charge in [-0.2, -0.15) is 0 Å². The Bertz CT molecular complexity index is 821. The molecule has 1 fully saturated rings. The molecular formula is C21H25N3O4. The Kier molecular flexibility index (Phi) is 5.82. The number of benzene rings is 2. The van der Waals surface area contributed by atoms with Crippen LogP contribution in [0.2, 0.25) is 0 Å². The van der Waals surface area contributed by atoms with E-state index in [0.717, 1.165) is 47.9 Å². The number of nitrogens with zero attached hydrogens (tertiary/aromatic N) is 1. The van der Waals surface area contributed by atoms with Crippen molar-refractivity contribution < 1.29 is 19.0 Å². The van der Waals surface area contributed by atoms with Gasteiger partial charge in [-0.05, 0) is 36.2 Å². The van der Waals surface area contributed by atoms with E-state index < -0.39 is 0 Å². The Balaban J connectivity index is 1.30. The highest BCUT2D eigenvalue weighted by atomic mass is 16.6. The number of nitrogens with one attached hydrogen (secondary N) is 2. The van der Waals surface area contributed by atoms with Gasteiger partial charge in [-0.1, -0.05) is 18.2 Å². The molecule has 2 aliphatic heterocycles. The minimum Gasteiger partial charge on any atom is -0.486 e. The van der Waals surface area contributed by atoms with Gasteiger partial charge in [0, 0.05) is 19.6 Å². The zero-order valence-corrected chi connectivity index (χ0v) is 15.8. The van der Waals surface area contributed by atoms with Crippen LogP contribution in [0.25, 0.3) is 0 Å². The molecule has 0 unspecified atom stereocenters. The molecule has 2 aromatic rings. The van der Waals surface area contributed by atoms with Crippen LogP contribution in [0.15, 0.2) is 42.5 Å². The molecule has 1 saturated heterocycles. The zero-order valence-electron chi connectivity index (χ0n) is 15.8. The van der Waals surface area contributed by atoms with E-state index in [2.05, 4.69) is 15.5 Å². The second-order valence-electron chi connectivity index (χ2n) is 6.73. The maximum atomic E-state index is 12.4. The molecule has 0 spiro atoms. The second-order valence-corrected chi connectivity index (χ2v) is 6.73. The monoisotopic (exact) mass is 383 g/mol. The number of amides is 2. The van der Waals surface area contributed by atoms with Crippen LogP contribution in [-0.4, -0.2) is 52.1 Å². The van der Waals surface area contributed by atoms with Gasteiger partial charge in [0.25, 0.3) is 0 Å². The van der Waals surface area contributed by atoms with Crippen molar-refractivity contribution in [3.05, 3.63) is 48.0 Å². The van der Waals surface area contributed by atoms with Crippen molar-refractivity contribution in [3.8, 4) is 11.5 Å². The number of fused-ring (bicyclic) bond motifs is 1. The fourth-order valence-corrected chi connectivity index (χ4v) is 3.39. The minimum atomic E-state index is -0.210. The quantitative estimate of drug-likeness (QED) is 0.831. The van der Waals surface area contributed by atoms with Gasteiger partial charge >= 0.3 is 6.03 Å². The lowest BCUT2D eigenvalue weighted by molar-refractivity contribution is 0.123. The molecule has 4 rings (SSSR count). The number of para-hydroxylation sites is 2. The predicted molar refractivity (Wildman–Crippen MR) is 108 cm³/mol. The van der Waals surface area contributed by atoms with Gasteiger partial charge in [0.05, 0.1) is 24.6 Å². The van der Waals surface area contributed by atoms with Gasteiger partial charge in [-0.3, -0.25) is 0 Å². The highest BCUT2D eigenvalue weighted by molar-refractivity contribution is 5.93. The van der Waals surface area contributed by atoms with Gasteiger partial charge in [0.1, 0.15) is 13.2 Å². The number of urea groups is 1. The van der Waals surface area contributed by atoms with Gasteiger partial charge in [0.15, 0.2) is 11.5 Å². The first-order chi connectivity index (χ1) is 13.8. The summed E-state index contributed by atoms with van der Waals surface area (Å²) in [5.74, 6) is 1.55. The fraction of sp³-hybridized carbons (Fsp3) is 0.381. The number of hydrogen-bond acceptors (Lipinski definition) is 5. The summed E-state index contributed by atoms with van der Waals surface area (Å²) in [7, 11) is 0. The van der Waals surface area contributed by atoms with Gasteiger partial charge < -0.3 is 29.7 Å². The van der Waals surface area contributed by atoms with E-state index in [4.69, 9.17) is 14.2 Å². The van der Waals surface area contributed by atoms with E-state index in [1.54, 1.807) is 0 Å². The van der Waals surface area contributed by atoms with Gasteiger partial charge in [-0.25, -0.2) is 4.79 Å². The van der Waals surface area contributed by atoms with E-state index in [-0.39, 0.29) is 6.03 Å². The predicted octanol–water partition coefficient (Wildman–Crippen LogP) is 2.66. The van der Waals surface area contributed by atoms with Crippen LogP contribution in [0.5, 0.6) is 11.5 Å². The summed E-state index contributed by atoms with van der Waals surface area (Å²) in [6, 6.07) is 13.5. The van der Waals surface area contributed by atoms with Gasteiger partial charge in [0.2, 0.25) is 0 Å². The molecule has 0 saturated carbocycles. The number of hydrogen-bond donors (Lipinski definition) is 2. The molecule has 7 nitrogen and oxygen atoms in total. The van der Waals surface area contributed by atoms with Crippen LogP contribution in [0.4, 0.5) is 16.2 Å². The summed E-state index contributed by atoms with van der Waals surface area (Å²) in [6.07, 6.45) is 0.717. The summed E-state index contributed by atoms with van der Waals surface area (Å²) in [6.45, 7) is 4.74. The highest BCUT2D eigenvalue weighted by Gasteiger charge is 2.16. The largest absolute Gasteiger partial charge is 0.486 e. The van der Waals surface area contributed by atoms with Crippen molar-refractivity contribution >= 4 is 17.4 Å². The minimum absolute atomic E-state index is 0.210. The number of carbonyl (C=O) groups is 1. The second kappa shape index (κ2) is 8.84. The highest BCUT2D eigenvalue weighted by Crippen LogP contribution is 2.30. The molecule has 2 aromatic carbocycles. The lowest BCUT2D eigenvalue weighted by Crippen LogP contribution is -2.37.